The molecule has 0 fully saturated rings. The summed E-state index contributed by atoms with van der Waals surface area (Å²) in [6, 6.07) is 0. The van der Waals surface area contributed by atoms with Crippen LogP contribution in [0.4, 0.5) is 0 Å². The third-order valence-electron chi connectivity index (χ3n) is 1.20. The minimum Gasteiger partial charge on any atom is -0.477 e. The minimum atomic E-state index is -1.07. The van der Waals surface area contributed by atoms with Crippen LogP contribution < -0.4 is 0 Å². The molecule has 0 bridgehead atoms. The largest absolute Gasteiger partial charge is 0.477 e. The fraction of sp³-hybridized carbons (Fsp3) is 0.143. The molecular formula is C7H8N2O3. The van der Waals surface area contributed by atoms with E-state index in [4.69, 9.17) is 10.3 Å². The molecule has 2 N–H and O–H groups in total. The fourth-order valence-electron chi connectivity index (χ4n) is 0.760. The molecule has 0 unspecified atom stereocenters. The molecule has 64 valence electrons. The number of hydroxylamine groups is 2. The van der Waals surface area contributed by atoms with Gasteiger partial charge in [-0.05, 0) is 12.2 Å². The number of carboxylic acid groups (broad SMARTS) is 1. The third kappa shape index (κ3) is 1.93. The SMILES string of the molecule is CN(O)/C=C1\C=CC(C(=O)O)=N1. The second-order valence-corrected chi connectivity index (χ2v) is 2.26. The molecule has 1 heterocycles. The van der Waals surface area contributed by atoms with Crippen LogP contribution in [0.3, 0.4) is 0 Å². The van der Waals surface area contributed by atoms with E-state index in [1.807, 2.05) is 0 Å². The van der Waals surface area contributed by atoms with Gasteiger partial charge >= 0.3 is 5.97 Å². The molecule has 0 radical (unpaired) electrons. The van der Waals surface area contributed by atoms with Crippen LogP contribution in [0, 0.1) is 0 Å². The summed E-state index contributed by atoms with van der Waals surface area (Å²) in [5.74, 6) is -1.07. The first-order valence-electron chi connectivity index (χ1n) is 3.23. The summed E-state index contributed by atoms with van der Waals surface area (Å²) in [6.07, 6.45) is 4.19. The van der Waals surface area contributed by atoms with Crippen LogP contribution in [0.25, 0.3) is 0 Å². The van der Waals surface area contributed by atoms with Crippen LogP contribution >= 0.6 is 0 Å². The molecule has 0 saturated heterocycles. The Bertz CT molecular complexity index is 289. The molecule has 1 aliphatic heterocycles. The lowest BCUT2D eigenvalue weighted by Crippen LogP contribution is -2.07. The first kappa shape index (κ1) is 8.48. The van der Waals surface area contributed by atoms with Gasteiger partial charge in [-0.2, -0.15) is 0 Å². The van der Waals surface area contributed by atoms with E-state index in [0.29, 0.717) is 5.70 Å². The summed E-state index contributed by atoms with van der Waals surface area (Å²) in [6.45, 7) is 0. The second-order valence-electron chi connectivity index (χ2n) is 2.26. The van der Waals surface area contributed by atoms with E-state index in [9.17, 15) is 4.79 Å². The monoisotopic (exact) mass is 168 g/mol. The Balaban J connectivity index is 2.79. The van der Waals surface area contributed by atoms with Gasteiger partial charge in [0.05, 0.1) is 11.9 Å². The molecule has 0 amide bonds. The predicted octanol–water partition coefficient (Wildman–Crippen LogP) is 0.244. The number of hydrogen-bond donors (Lipinski definition) is 2. The lowest BCUT2D eigenvalue weighted by atomic mass is 10.4. The zero-order chi connectivity index (χ0) is 9.14. The zero-order valence-electron chi connectivity index (χ0n) is 6.43. The van der Waals surface area contributed by atoms with Crippen molar-refractivity contribution >= 4 is 11.7 Å². The summed E-state index contributed by atoms with van der Waals surface area (Å²) in [5.41, 5.74) is 0.389. The minimum absolute atomic E-state index is 0.0249. The van der Waals surface area contributed by atoms with Crippen molar-refractivity contribution in [1.82, 2.24) is 5.06 Å². The average Bonchev–Trinajstić information content (AvgIpc) is 2.34. The highest BCUT2D eigenvalue weighted by molar-refractivity contribution is 6.41. The van der Waals surface area contributed by atoms with Gasteiger partial charge < -0.3 is 5.11 Å². The number of nitrogens with zero attached hydrogens (tertiary/aromatic N) is 2. The Morgan fingerprint density at radius 1 is 1.67 bits per heavy atom. The van der Waals surface area contributed by atoms with Crippen molar-refractivity contribution in [3.8, 4) is 0 Å². The Morgan fingerprint density at radius 2 is 2.33 bits per heavy atom. The van der Waals surface area contributed by atoms with Crippen LogP contribution in [-0.2, 0) is 4.79 Å². The molecule has 12 heavy (non-hydrogen) atoms. The molecule has 0 saturated carbocycles. The van der Waals surface area contributed by atoms with E-state index >= 15 is 0 Å². The molecule has 5 heteroatoms. The van der Waals surface area contributed by atoms with Crippen LogP contribution in [0.5, 0.6) is 0 Å². The first-order valence-corrected chi connectivity index (χ1v) is 3.23. The van der Waals surface area contributed by atoms with Gasteiger partial charge in [-0.25, -0.2) is 9.79 Å². The quantitative estimate of drug-likeness (QED) is 0.579. The Labute approximate surface area is 68.9 Å². The molecule has 1 rings (SSSR count). The van der Waals surface area contributed by atoms with Crippen molar-refractivity contribution in [3.05, 3.63) is 24.0 Å². The maximum atomic E-state index is 10.3. The summed E-state index contributed by atoms with van der Waals surface area (Å²) >= 11 is 0. The normalized spacial score (nSPS) is 18.2. The molecule has 5 nitrogen and oxygen atoms in total. The maximum absolute atomic E-state index is 10.3. The molecule has 0 aromatic carbocycles. The molecule has 0 aromatic rings. The van der Waals surface area contributed by atoms with E-state index in [1.165, 1.54) is 25.4 Å². The number of carbonyl (C=O) groups is 1. The predicted molar refractivity (Wildman–Crippen MR) is 41.8 cm³/mol. The van der Waals surface area contributed by atoms with Gasteiger partial charge in [-0.1, -0.05) is 0 Å². The topological polar surface area (TPSA) is 73.1 Å². The van der Waals surface area contributed by atoms with Crippen molar-refractivity contribution in [3.63, 3.8) is 0 Å². The maximum Gasteiger partial charge on any atom is 0.354 e. The van der Waals surface area contributed by atoms with Crippen LogP contribution in [-0.4, -0.2) is 34.1 Å². The highest BCUT2D eigenvalue weighted by Gasteiger charge is 2.10. The number of hydrogen-bond acceptors (Lipinski definition) is 4. The lowest BCUT2D eigenvalue weighted by Gasteiger charge is -2.01. The van der Waals surface area contributed by atoms with Crippen molar-refractivity contribution in [2.75, 3.05) is 7.05 Å². The third-order valence-corrected chi connectivity index (χ3v) is 1.20. The summed E-state index contributed by atoms with van der Waals surface area (Å²) < 4.78 is 0. The average molecular weight is 168 g/mol. The van der Waals surface area contributed by atoms with Crippen molar-refractivity contribution in [2.45, 2.75) is 0 Å². The molecule has 0 aromatic heterocycles. The summed E-state index contributed by atoms with van der Waals surface area (Å²) in [4.78, 5) is 14.0. The molecular weight excluding hydrogens is 160 g/mol. The second kappa shape index (κ2) is 3.19. The fourth-order valence-corrected chi connectivity index (χ4v) is 0.760. The van der Waals surface area contributed by atoms with E-state index in [1.54, 1.807) is 0 Å². The smallest absolute Gasteiger partial charge is 0.354 e. The van der Waals surface area contributed by atoms with E-state index in [2.05, 4.69) is 4.99 Å². The number of carboxylic acids is 1. The molecule has 1 aliphatic rings. The summed E-state index contributed by atoms with van der Waals surface area (Å²) in [5, 5.41) is 18.0. The number of allylic oxidation sites excluding steroid dienone is 1. The Hall–Kier alpha value is -1.62. The van der Waals surface area contributed by atoms with Crippen molar-refractivity contribution < 1.29 is 15.1 Å². The van der Waals surface area contributed by atoms with E-state index in [-0.39, 0.29) is 5.71 Å². The first-order chi connectivity index (χ1) is 5.59. The van der Waals surface area contributed by atoms with Gasteiger partial charge in [0.25, 0.3) is 0 Å². The van der Waals surface area contributed by atoms with Gasteiger partial charge in [0, 0.05) is 7.05 Å². The highest BCUT2D eigenvalue weighted by atomic mass is 16.5. The Kier molecular flexibility index (Phi) is 2.25. The molecule has 0 spiro atoms. The lowest BCUT2D eigenvalue weighted by molar-refractivity contribution is -0.129. The van der Waals surface area contributed by atoms with E-state index in [0.717, 1.165) is 5.06 Å². The van der Waals surface area contributed by atoms with Gasteiger partial charge in [-0.15, -0.1) is 0 Å². The van der Waals surface area contributed by atoms with E-state index < -0.39 is 5.97 Å². The standard InChI is InChI=1S/C7H8N2O3/c1-9(12)4-5-2-3-6(8-5)7(10)11/h2-4,12H,1H3,(H,10,11)/b5-4+. The van der Waals surface area contributed by atoms with Crippen molar-refractivity contribution in [2.24, 2.45) is 4.99 Å². The van der Waals surface area contributed by atoms with Crippen LogP contribution in [0.15, 0.2) is 29.0 Å². The number of aliphatic imine (C=N–C) groups is 1. The number of rotatable bonds is 2. The molecule has 0 atom stereocenters. The zero-order valence-corrected chi connectivity index (χ0v) is 6.43. The van der Waals surface area contributed by atoms with Gasteiger partial charge in [0.2, 0.25) is 0 Å². The summed E-state index contributed by atoms with van der Waals surface area (Å²) in [7, 11) is 1.41. The highest BCUT2D eigenvalue weighted by Crippen LogP contribution is 2.08. The van der Waals surface area contributed by atoms with Gasteiger partial charge in [0.15, 0.2) is 0 Å². The van der Waals surface area contributed by atoms with Crippen LogP contribution in [0.2, 0.25) is 0 Å². The number of aliphatic carboxylic acids is 1. The Morgan fingerprint density at radius 3 is 2.75 bits per heavy atom. The molecule has 0 aliphatic carbocycles. The van der Waals surface area contributed by atoms with Gasteiger partial charge in [0.1, 0.15) is 5.71 Å². The van der Waals surface area contributed by atoms with Gasteiger partial charge in [-0.3, -0.25) is 10.3 Å². The van der Waals surface area contributed by atoms with Crippen LogP contribution in [0.1, 0.15) is 0 Å². The van der Waals surface area contributed by atoms with Crippen molar-refractivity contribution in [1.29, 1.82) is 0 Å².